The molecule has 0 aliphatic carbocycles. The quantitative estimate of drug-likeness (QED) is 0.834. The van der Waals surface area contributed by atoms with Crippen LogP contribution in [0.15, 0.2) is 0 Å². The monoisotopic (exact) mass is 270 g/mol. The Labute approximate surface area is 115 Å². The van der Waals surface area contributed by atoms with Gasteiger partial charge in [0.1, 0.15) is 12.1 Å². The topological polar surface area (TPSA) is 58.6 Å². The number of carbonyl (C=O) groups excluding carboxylic acids is 2. The van der Waals surface area contributed by atoms with E-state index in [1.165, 1.54) is 0 Å². The molecule has 110 valence electrons. The predicted octanol–water partition coefficient (Wildman–Crippen LogP) is 1.17. The van der Waals surface area contributed by atoms with Crippen molar-refractivity contribution in [1.82, 2.24) is 10.2 Å². The number of hydrogen-bond acceptors (Lipinski definition) is 3. The summed E-state index contributed by atoms with van der Waals surface area (Å²) in [5.41, 5.74) is -0.292. The summed E-state index contributed by atoms with van der Waals surface area (Å²) in [6, 6.07) is -0.851. The van der Waals surface area contributed by atoms with Crippen molar-refractivity contribution in [2.45, 2.75) is 59.2 Å². The summed E-state index contributed by atoms with van der Waals surface area (Å²) in [5.74, 6) is -0.0758. The maximum Gasteiger partial charge on any atom is 0.246 e. The normalized spacial score (nSPS) is 26.3. The molecule has 1 rings (SSSR count). The van der Waals surface area contributed by atoms with E-state index in [9.17, 15) is 9.59 Å². The zero-order valence-corrected chi connectivity index (χ0v) is 12.8. The van der Waals surface area contributed by atoms with E-state index < -0.39 is 6.04 Å². The number of methoxy groups -OCH3 is 1. The number of ether oxygens (including phenoxy) is 1. The highest BCUT2D eigenvalue weighted by Crippen LogP contribution is 2.26. The van der Waals surface area contributed by atoms with Gasteiger partial charge in [-0.15, -0.1) is 0 Å². The van der Waals surface area contributed by atoms with Crippen molar-refractivity contribution < 1.29 is 14.3 Å². The van der Waals surface area contributed by atoms with Crippen LogP contribution in [0.1, 0.15) is 41.0 Å². The summed E-state index contributed by atoms with van der Waals surface area (Å²) < 4.78 is 5.22. The third kappa shape index (κ3) is 3.47. The van der Waals surface area contributed by atoms with Gasteiger partial charge in [-0.1, -0.05) is 27.7 Å². The average molecular weight is 270 g/mol. The first-order chi connectivity index (χ1) is 8.72. The number of carbonyl (C=O) groups is 2. The van der Waals surface area contributed by atoms with Crippen LogP contribution >= 0.6 is 0 Å². The maximum absolute atomic E-state index is 12.6. The van der Waals surface area contributed by atoms with Crippen LogP contribution in [-0.4, -0.2) is 48.6 Å². The van der Waals surface area contributed by atoms with Gasteiger partial charge >= 0.3 is 0 Å². The fourth-order valence-electron chi connectivity index (χ4n) is 2.32. The highest BCUT2D eigenvalue weighted by molar-refractivity contribution is 5.97. The predicted molar refractivity (Wildman–Crippen MR) is 73.6 cm³/mol. The molecule has 0 radical (unpaired) electrons. The number of piperazine rings is 1. The first-order valence-corrected chi connectivity index (χ1v) is 6.86. The van der Waals surface area contributed by atoms with E-state index in [4.69, 9.17) is 4.74 Å². The molecule has 1 aliphatic heterocycles. The molecule has 19 heavy (non-hydrogen) atoms. The standard InChI is InChI=1S/C14H26N2O3/c1-7-10-12(17)15-11(14(3,4)5)13(18)16(10)8-9(2)19-6/h9-11H,7-8H2,1-6H3,(H,15,17). The Morgan fingerprint density at radius 2 is 1.95 bits per heavy atom. The molecule has 0 aromatic carbocycles. The summed E-state index contributed by atoms with van der Waals surface area (Å²) in [5, 5.41) is 2.86. The molecule has 2 amide bonds. The van der Waals surface area contributed by atoms with Crippen molar-refractivity contribution in [3.63, 3.8) is 0 Å². The SMILES string of the molecule is CCC1C(=O)NC(C(C)(C)C)C(=O)N1CC(C)OC. The lowest BCUT2D eigenvalue weighted by Gasteiger charge is -2.43. The number of hydrogen-bond donors (Lipinski definition) is 1. The number of rotatable bonds is 4. The van der Waals surface area contributed by atoms with Gasteiger partial charge in [-0.05, 0) is 18.8 Å². The molecule has 0 aromatic heterocycles. The largest absolute Gasteiger partial charge is 0.380 e. The molecule has 0 bridgehead atoms. The Bertz CT molecular complexity index is 349. The second-order valence-electron chi connectivity index (χ2n) is 6.27. The zero-order valence-electron chi connectivity index (χ0n) is 12.8. The summed E-state index contributed by atoms with van der Waals surface area (Å²) in [7, 11) is 1.61. The van der Waals surface area contributed by atoms with Gasteiger partial charge in [0.05, 0.1) is 6.10 Å². The van der Waals surface area contributed by atoms with Crippen LogP contribution in [0.4, 0.5) is 0 Å². The van der Waals surface area contributed by atoms with Crippen molar-refractivity contribution in [1.29, 1.82) is 0 Å². The Kier molecular flexibility index (Phi) is 4.96. The molecule has 5 nitrogen and oxygen atoms in total. The summed E-state index contributed by atoms with van der Waals surface area (Å²) in [4.78, 5) is 26.4. The van der Waals surface area contributed by atoms with Crippen molar-refractivity contribution in [3.8, 4) is 0 Å². The molecule has 0 aromatic rings. The highest BCUT2D eigenvalue weighted by atomic mass is 16.5. The van der Waals surface area contributed by atoms with Gasteiger partial charge in [0.15, 0.2) is 0 Å². The lowest BCUT2D eigenvalue weighted by molar-refractivity contribution is -0.154. The van der Waals surface area contributed by atoms with E-state index in [1.807, 2.05) is 34.6 Å². The molecular weight excluding hydrogens is 244 g/mol. The minimum atomic E-state index is -0.466. The highest BCUT2D eigenvalue weighted by Gasteiger charge is 2.44. The molecule has 1 fully saturated rings. The van der Waals surface area contributed by atoms with Gasteiger partial charge in [0, 0.05) is 13.7 Å². The molecule has 1 heterocycles. The van der Waals surface area contributed by atoms with Crippen LogP contribution in [-0.2, 0) is 14.3 Å². The smallest absolute Gasteiger partial charge is 0.246 e. The van der Waals surface area contributed by atoms with Gasteiger partial charge in [-0.2, -0.15) is 0 Å². The minimum absolute atomic E-state index is 0.0112. The molecule has 1 saturated heterocycles. The van der Waals surface area contributed by atoms with Crippen LogP contribution in [0, 0.1) is 5.41 Å². The number of amides is 2. The van der Waals surface area contributed by atoms with Gasteiger partial charge in [0.25, 0.3) is 0 Å². The molecule has 0 saturated carbocycles. The number of nitrogens with zero attached hydrogens (tertiary/aromatic N) is 1. The fraction of sp³-hybridized carbons (Fsp3) is 0.857. The van der Waals surface area contributed by atoms with Gasteiger partial charge in [-0.3, -0.25) is 9.59 Å². The molecule has 3 atom stereocenters. The summed E-state index contributed by atoms with van der Waals surface area (Å²) in [6.45, 7) is 10.1. The fourth-order valence-corrected chi connectivity index (χ4v) is 2.32. The van der Waals surface area contributed by atoms with E-state index in [0.29, 0.717) is 13.0 Å². The van der Waals surface area contributed by atoms with Crippen LogP contribution in [0.3, 0.4) is 0 Å². The van der Waals surface area contributed by atoms with Crippen molar-refractivity contribution in [2.24, 2.45) is 5.41 Å². The lowest BCUT2D eigenvalue weighted by atomic mass is 9.83. The first kappa shape index (κ1) is 16.0. The Morgan fingerprint density at radius 3 is 2.37 bits per heavy atom. The van der Waals surface area contributed by atoms with Crippen LogP contribution in [0.25, 0.3) is 0 Å². The molecule has 3 unspecified atom stereocenters. The second-order valence-corrected chi connectivity index (χ2v) is 6.27. The van der Waals surface area contributed by atoms with Crippen LogP contribution in [0.2, 0.25) is 0 Å². The average Bonchev–Trinajstić information content (AvgIpc) is 2.32. The van der Waals surface area contributed by atoms with Gasteiger partial charge < -0.3 is 15.0 Å². The Morgan fingerprint density at radius 1 is 1.37 bits per heavy atom. The molecule has 0 spiro atoms. The lowest BCUT2D eigenvalue weighted by Crippen LogP contribution is -2.67. The molecule has 5 heteroatoms. The summed E-state index contributed by atoms with van der Waals surface area (Å²) >= 11 is 0. The van der Waals surface area contributed by atoms with E-state index in [0.717, 1.165) is 0 Å². The third-order valence-corrected chi connectivity index (χ3v) is 3.60. The molecular formula is C14H26N2O3. The van der Waals surface area contributed by atoms with E-state index in [1.54, 1.807) is 12.0 Å². The van der Waals surface area contributed by atoms with Gasteiger partial charge in [-0.25, -0.2) is 0 Å². The van der Waals surface area contributed by atoms with Crippen LogP contribution in [0.5, 0.6) is 0 Å². The zero-order chi connectivity index (χ0) is 14.8. The minimum Gasteiger partial charge on any atom is -0.380 e. The van der Waals surface area contributed by atoms with E-state index >= 15 is 0 Å². The van der Waals surface area contributed by atoms with Crippen molar-refractivity contribution in [3.05, 3.63) is 0 Å². The maximum atomic E-state index is 12.6. The van der Waals surface area contributed by atoms with Gasteiger partial charge in [0.2, 0.25) is 11.8 Å². The molecule has 1 aliphatic rings. The number of nitrogens with one attached hydrogen (secondary N) is 1. The Balaban J connectivity index is 2.99. The Hall–Kier alpha value is -1.10. The van der Waals surface area contributed by atoms with Crippen molar-refractivity contribution in [2.75, 3.05) is 13.7 Å². The van der Waals surface area contributed by atoms with Crippen LogP contribution < -0.4 is 5.32 Å². The third-order valence-electron chi connectivity index (χ3n) is 3.60. The van der Waals surface area contributed by atoms with E-state index in [-0.39, 0.29) is 29.4 Å². The first-order valence-electron chi connectivity index (χ1n) is 6.86. The summed E-state index contributed by atoms with van der Waals surface area (Å²) in [6.07, 6.45) is 0.537. The van der Waals surface area contributed by atoms with Crippen molar-refractivity contribution >= 4 is 11.8 Å². The second kappa shape index (κ2) is 5.90. The molecule has 1 N–H and O–H groups in total. The van der Waals surface area contributed by atoms with E-state index in [2.05, 4.69) is 5.32 Å².